The summed E-state index contributed by atoms with van der Waals surface area (Å²) in [5, 5.41) is 6.72. The van der Waals surface area contributed by atoms with E-state index in [2.05, 4.69) is 20.5 Å². The van der Waals surface area contributed by atoms with Gasteiger partial charge in [-0.2, -0.15) is 0 Å². The second-order valence-corrected chi connectivity index (χ2v) is 7.63. The van der Waals surface area contributed by atoms with Gasteiger partial charge in [-0.15, -0.1) is 0 Å². The maximum Gasteiger partial charge on any atom is 0.410 e. The predicted octanol–water partition coefficient (Wildman–Crippen LogP) is 1.26. The van der Waals surface area contributed by atoms with Gasteiger partial charge in [0.05, 0.1) is 6.04 Å². The molecule has 0 spiro atoms. The van der Waals surface area contributed by atoms with E-state index in [0.29, 0.717) is 13.1 Å². The molecule has 0 radical (unpaired) electrons. The smallest absolute Gasteiger partial charge is 0.410 e. The highest BCUT2D eigenvalue weighted by atomic mass is 16.6. The fourth-order valence-electron chi connectivity index (χ4n) is 2.95. The molecule has 2 saturated heterocycles. The molecule has 2 rings (SSSR count). The van der Waals surface area contributed by atoms with E-state index in [1.54, 1.807) is 11.9 Å². The summed E-state index contributed by atoms with van der Waals surface area (Å²) in [7, 11) is 1.78. The highest BCUT2D eigenvalue weighted by Crippen LogP contribution is 2.15. The molecule has 138 valence electrons. The zero-order chi connectivity index (χ0) is 17.6. The van der Waals surface area contributed by atoms with Crippen molar-refractivity contribution in [2.45, 2.75) is 51.7 Å². The number of nitrogens with zero attached hydrogens (tertiary/aromatic N) is 3. The van der Waals surface area contributed by atoms with Crippen molar-refractivity contribution in [1.29, 1.82) is 0 Å². The second-order valence-electron chi connectivity index (χ2n) is 7.63. The Morgan fingerprint density at radius 2 is 1.88 bits per heavy atom. The van der Waals surface area contributed by atoms with Gasteiger partial charge in [0.15, 0.2) is 5.96 Å². The van der Waals surface area contributed by atoms with Gasteiger partial charge >= 0.3 is 6.09 Å². The largest absolute Gasteiger partial charge is 0.444 e. The minimum Gasteiger partial charge on any atom is -0.444 e. The summed E-state index contributed by atoms with van der Waals surface area (Å²) in [5.74, 6) is 0.806. The van der Waals surface area contributed by atoms with Crippen LogP contribution in [0.2, 0.25) is 0 Å². The molecule has 2 N–H and O–H groups in total. The summed E-state index contributed by atoms with van der Waals surface area (Å²) in [5.41, 5.74) is -0.443. The number of hydrogen-bond donors (Lipinski definition) is 2. The molecular weight excluding hydrogens is 306 g/mol. The average Bonchev–Trinajstić information content (AvgIpc) is 2.47. The first-order valence-corrected chi connectivity index (χ1v) is 9.05. The van der Waals surface area contributed by atoms with Crippen LogP contribution in [0.15, 0.2) is 4.99 Å². The van der Waals surface area contributed by atoms with Gasteiger partial charge in [-0.1, -0.05) is 6.42 Å². The van der Waals surface area contributed by atoms with E-state index in [-0.39, 0.29) is 12.1 Å². The number of piperidine rings is 1. The molecule has 0 aromatic heterocycles. The standard InChI is InChI=1S/C17H33N5O2/c1-17(2,3)24-16(23)22-12-14(13-22)20-15(18-4)19-8-11-21-9-6-5-7-10-21/h14H,5-13H2,1-4H3,(H2,18,19,20). The number of carbonyl (C=O) groups excluding carboxylic acids is 1. The quantitative estimate of drug-likeness (QED) is 0.596. The van der Waals surface area contributed by atoms with Gasteiger partial charge in [0, 0.05) is 33.2 Å². The van der Waals surface area contributed by atoms with Crippen molar-refractivity contribution in [2.75, 3.05) is 46.3 Å². The number of nitrogens with one attached hydrogen (secondary N) is 2. The van der Waals surface area contributed by atoms with Crippen LogP contribution in [0.25, 0.3) is 0 Å². The van der Waals surface area contributed by atoms with Crippen molar-refractivity contribution in [1.82, 2.24) is 20.4 Å². The number of carbonyl (C=O) groups is 1. The van der Waals surface area contributed by atoms with Crippen molar-refractivity contribution in [3.05, 3.63) is 0 Å². The predicted molar refractivity (Wildman–Crippen MR) is 96.4 cm³/mol. The normalized spacial score (nSPS) is 20.5. The lowest BCUT2D eigenvalue weighted by atomic mass is 10.1. The highest BCUT2D eigenvalue weighted by Gasteiger charge is 2.34. The molecule has 24 heavy (non-hydrogen) atoms. The maximum atomic E-state index is 11.9. The first-order valence-electron chi connectivity index (χ1n) is 9.05. The molecule has 0 bridgehead atoms. The summed E-state index contributed by atoms with van der Waals surface area (Å²) in [6, 6.07) is 0.235. The molecule has 0 aromatic rings. The Labute approximate surface area is 145 Å². The monoisotopic (exact) mass is 339 g/mol. The first kappa shape index (κ1) is 18.8. The van der Waals surface area contributed by atoms with Crippen molar-refractivity contribution < 1.29 is 9.53 Å². The van der Waals surface area contributed by atoms with Crippen LogP contribution >= 0.6 is 0 Å². The van der Waals surface area contributed by atoms with Crippen LogP contribution in [0, 0.1) is 0 Å². The highest BCUT2D eigenvalue weighted by molar-refractivity contribution is 5.80. The molecular formula is C17H33N5O2. The Balaban J connectivity index is 1.61. The van der Waals surface area contributed by atoms with Crippen LogP contribution in [-0.4, -0.2) is 79.8 Å². The van der Waals surface area contributed by atoms with Gasteiger partial charge in [0.2, 0.25) is 0 Å². The molecule has 1 amide bonds. The summed E-state index contributed by atoms with van der Waals surface area (Å²) in [6.07, 6.45) is 3.75. The minimum absolute atomic E-state index is 0.235. The Kier molecular flexibility index (Phi) is 6.71. The average molecular weight is 339 g/mol. The van der Waals surface area contributed by atoms with E-state index in [0.717, 1.165) is 19.0 Å². The summed E-state index contributed by atoms with van der Waals surface area (Å²) in [4.78, 5) is 20.4. The third-order valence-electron chi connectivity index (χ3n) is 4.27. The topological polar surface area (TPSA) is 69.2 Å². The fraction of sp³-hybridized carbons (Fsp3) is 0.882. The van der Waals surface area contributed by atoms with Crippen LogP contribution in [0.4, 0.5) is 4.79 Å². The van der Waals surface area contributed by atoms with Crippen LogP contribution in [0.3, 0.4) is 0 Å². The zero-order valence-corrected chi connectivity index (χ0v) is 15.6. The van der Waals surface area contributed by atoms with Gasteiger partial charge in [-0.3, -0.25) is 4.99 Å². The van der Waals surface area contributed by atoms with Crippen LogP contribution in [0.1, 0.15) is 40.0 Å². The maximum absolute atomic E-state index is 11.9. The molecule has 2 aliphatic rings. The van der Waals surface area contributed by atoms with Gasteiger partial charge in [0.1, 0.15) is 5.60 Å². The number of hydrogen-bond acceptors (Lipinski definition) is 4. The molecule has 0 aliphatic carbocycles. The van der Waals surface area contributed by atoms with Crippen LogP contribution < -0.4 is 10.6 Å². The molecule has 0 unspecified atom stereocenters. The minimum atomic E-state index is -0.443. The molecule has 7 nitrogen and oxygen atoms in total. The third-order valence-corrected chi connectivity index (χ3v) is 4.27. The lowest BCUT2D eigenvalue weighted by molar-refractivity contribution is 0.00701. The molecule has 2 aliphatic heterocycles. The van der Waals surface area contributed by atoms with E-state index in [9.17, 15) is 4.79 Å². The van der Waals surface area contributed by atoms with Crippen molar-refractivity contribution in [3.8, 4) is 0 Å². The Bertz CT molecular complexity index is 435. The number of rotatable bonds is 4. The second kappa shape index (κ2) is 8.55. The summed E-state index contributed by atoms with van der Waals surface area (Å²) < 4.78 is 5.36. The van der Waals surface area contributed by atoms with Crippen LogP contribution in [-0.2, 0) is 4.74 Å². The van der Waals surface area contributed by atoms with Crippen molar-refractivity contribution in [2.24, 2.45) is 4.99 Å². The van der Waals surface area contributed by atoms with E-state index < -0.39 is 5.60 Å². The third kappa shape index (κ3) is 6.19. The van der Waals surface area contributed by atoms with Gasteiger partial charge in [-0.25, -0.2) is 4.79 Å². The number of guanidine groups is 1. The number of amides is 1. The number of likely N-dealkylation sites (tertiary alicyclic amines) is 2. The lowest BCUT2D eigenvalue weighted by Gasteiger charge is -2.40. The fourth-order valence-corrected chi connectivity index (χ4v) is 2.95. The Morgan fingerprint density at radius 3 is 2.46 bits per heavy atom. The molecule has 0 aromatic carbocycles. The molecule has 2 fully saturated rings. The Morgan fingerprint density at radius 1 is 1.21 bits per heavy atom. The van der Waals surface area contributed by atoms with Crippen molar-refractivity contribution in [3.63, 3.8) is 0 Å². The van der Waals surface area contributed by atoms with Gasteiger partial charge < -0.3 is 25.2 Å². The Hall–Kier alpha value is -1.50. The summed E-state index contributed by atoms with van der Waals surface area (Å²) >= 11 is 0. The number of aliphatic imine (C=N–C) groups is 1. The SMILES string of the molecule is CN=C(NCCN1CCCCC1)NC1CN(C(=O)OC(C)(C)C)C1. The molecule has 2 heterocycles. The molecule has 7 heteroatoms. The van der Waals surface area contributed by atoms with Crippen molar-refractivity contribution >= 4 is 12.1 Å². The van der Waals surface area contributed by atoms with E-state index >= 15 is 0 Å². The lowest BCUT2D eigenvalue weighted by Crippen LogP contribution is -2.63. The first-order chi connectivity index (χ1) is 11.4. The number of ether oxygens (including phenoxy) is 1. The van der Waals surface area contributed by atoms with Gasteiger partial charge in [0.25, 0.3) is 0 Å². The van der Waals surface area contributed by atoms with E-state index in [1.807, 2.05) is 20.8 Å². The van der Waals surface area contributed by atoms with E-state index in [1.165, 1.54) is 32.4 Å². The zero-order valence-electron chi connectivity index (χ0n) is 15.6. The van der Waals surface area contributed by atoms with Gasteiger partial charge in [-0.05, 0) is 46.7 Å². The van der Waals surface area contributed by atoms with E-state index in [4.69, 9.17) is 4.74 Å². The van der Waals surface area contributed by atoms with Crippen LogP contribution in [0.5, 0.6) is 0 Å². The molecule has 0 saturated carbocycles. The molecule has 0 atom stereocenters. The summed E-state index contributed by atoms with van der Waals surface area (Å²) in [6.45, 7) is 11.3.